The summed E-state index contributed by atoms with van der Waals surface area (Å²) in [5.74, 6) is 0. The maximum Gasteiger partial charge on any atom is 0.407 e. The van der Waals surface area contributed by atoms with Crippen LogP contribution in [0.15, 0.2) is 30.8 Å². The van der Waals surface area contributed by atoms with E-state index in [4.69, 9.17) is 4.74 Å². The number of allylic oxidation sites excluding steroid dienone is 1. The second-order valence-electron chi connectivity index (χ2n) is 6.47. The minimum Gasteiger partial charge on any atom is -0.448 e. The summed E-state index contributed by atoms with van der Waals surface area (Å²) in [6, 6.07) is 7.79. The number of benzene rings is 1. The van der Waals surface area contributed by atoms with Crippen LogP contribution in [0.25, 0.3) is 5.57 Å². The van der Waals surface area contributed by atoms with Crippen molar-refractivity contribution in [2.24, 2.45) is 0 Å². The van der Waals surface area contributed by atoms with Crippen molar-refractivity contribution in [3.63, 3.8) is 0 Å². The number of hydrogen-bond acceptors (Lipinski definition) is 3. The lowest BCUT2D eigenvalue weighted by atomic mass is 9.92. The normalized spacial score (nSPS) is 14.3. The van der Waals surface area contributed by atoms with Gasteiger partial charge in [-0.15, -0.1) is 0 Å². The molecule has 1 aromatic rings. The molecule has 0 aliphatic carbocycles. The molecule has 6 nitrogen and oxygen atoms in total. The van der Waals surface area contributed by atoms with Gasteiger partial charge in [-0.05, 0) is 38.0 Å². The molecule has 2 N–H and O–H groups in total. The van der Waals surface area contributed by atoms with Gasteiger partial charge in [0.2, 0.25) is 0 Å². The first-order chi connectivity index (χ1) is 11.3. The first-order valence-corrected chi connectivity index (χ1v) is 8.04. The Morgan fingerprint density at radius 2 is 2.21 bits per heavy atom. The van der Waals surface area contributed by atoms with Crippen LogP contribution in [0, 0.1) is 0 Å². The highest BCUT2D eigenvalue weighted by Gasteiger charge is 2.24. The zero-order valence-electron chi connectivity index (χ0n) is 14.5. The van der Waals surface area contributed by atoms with E-state index in [0.717, 1.165) is 16.7 Å². The number of alkyl carbamates (subject to hydrolysis) is 1. The summed E-state index contributed by atoms with van der Waals surface area (Å²) < 4.78 is 5.20. The SMILES string of the molecule is C=C(C)c1cccc(C(C)(C)NC(=O)OCCN2CCNC2=O)c1. The van der Waals surface area contributed by atoms with E-state index in [0.29, 0.717) is 19.6 Å². The van der Waals surface area contributed by atoms with Gasteiger partial charge in [0.1, 0.15) is 6.61 Å². The van der Waals surface area contributed by atoms with Crippen molar-refractivity contribution in [1.29, 1.82) is 0 Å². The molecule has 0 aromatic heterocycles. The van der Waals surface area contributed by atoms with Gasteiger partial charge in [0, 0.05) is 13.1 Å². The summed E-state index contributed by atoms with van der Waals surface area (Å²) in [6.45, 7) is 11.6. The van der Waals surface area contributed by atoms with Gasteiger partial charge >= 0.3 is 12.1 Å². The van der Waals surface area contributed by atoms with E-state index in [-0.39, 0.29) is 12.6 Å². The number of hydrogen-bond donors (Lipinski definition) is 2. The topological polar surface area (TPSA) is 70.7 Å². The molecule has 24 heavy (non-hydrogen) atoms. The first-order valence-electron chi connectivity index (χ1n) is 8.04. The number of nitrogens with zero attached hydrogens (tertiary/aromatic N) is 1. The van der Waals surface area contributed by atoms with Gasteiger partial charge in [0.25, 0.3) is 0 Å². The van der Waals surface area contributed by atoms with Crippen molar-refractivity contribution < 1.29 is 14.3 Å². The number of nitrogens with one attached hydrogen (secondary N) is 2. The first kappa shape index (κ1) is 17.8. The van der Waals surface area contributed by atoms with Crippen LogP contribution in [0.4, 0.5) is 9.59 Å². The van der Waals surface area contributed by atoms with Crippen LogP contribution in [0.2, 0.25) is 0 Å². The Hall–Kier alpha value is -2.50. The standard InChI is InChI=1S/C18H25N3O3/c1-13(2)14-6-5-7-15(12-14)18(3,4)20-17(23)24-11-10-21-9-8-19-16(21)22/h5-7,12H,1,8-11H2,2-4H3,(H,19,22)(H,20,23). The molecule has 2 rings (SSSR count). The van der Waals surface area contributed by atoms with E-state index < -0.39 is 11.6 Å². The third kappa shape index (κ3) is 4.50. The Labute approximate surface area is 142 Å². The summed E-state index contributed by atoms with van der Waals surface area (Å²) >= 11 is 0. The van der Waals surface area contributed by atoms with Gasteiger partial charge in [-0.25, -0.2) is 9.59 Å². The Balaban J connectivity index is 1.88. The summed E-state index contributed by atoms with van der Waals surface area (Å²) in [4.78, 5) is 25.1. The highest BCUT2D eigenvalue weighted by atomic mass is 16.5. The summed E-state index contributed by atoms with van der Waals surface area (Å²) in [5.41, 5.74) is 2.40. The Bertz CT molecular complexity index is 640. The van der Waals surface area contributed by atoms with Crippen LogP contribution in [-0.2, 0) is 10.3 Å². The molecule has 1 aliphatic rings. The molecular weight excluding hydrogens is 306 g/mol. The predicted octanol–water partition coefficient (Wildman–Crippen LogP) is 2.71. The van der Waals surface area contributed by atoms with Crippen LogP contribution in [-0.4, -0.2) is 43.3 Å². The fourth-order valence-electron chi connectivity index (χ4n) is 2.51. The van der Waals surface area contributed by atoms with Gasteiger partial charge in [-0.3, -0.25) is 0 Å². The van der Waals surface area contributed by atoms with E-state index in [1.54, 1.807) is 4.90 Å². The zero-order chi connectivity index (χ0) is 17.7. The second-order valence-corrected chi connectivity index (χ2v) is 6.47. The van der Waals surface area contributed by atoms with E-state index >= 15 is 0 Å². The molecule has 3 amide bonds. The summed E-state index contributed by atoms with van der Waals surface area (Å²) in [7, 11) is 0. The Kier molecular flexibility index (Phi) is 5.49. The smallest absolute Gasteiger partial charge is 0.407 e. The quantitative estimate of drug-likeness (QED) is 0.842. The largest absolute Gasteiger partial charge is 0.448 e. The highest BCUT2D eigenvalue weighted by Crippen LogP contribution is 2.23. The molecule has 0 spiro atoms. The summed E-state index contributed by atoms with van der Waals surface area (Å²) in [6.07, 6.45) is -0.500. The van der Waals surface area contributed by atoms with Crippen LogP contribution in [0.3, 0.4) is 0 Å². The lowest BCUT2D eigenvalue weighted by Gasteiger charge is -2.27. The van der Waals surface area contributed by atoms with Crippen molar-refractivity contribution >= 4 is 17.7 Å². The lowest BCUT2D eigenvalue weighted by Crippen LogP contribution is -2.42. The number of rotatable bonds is 6. The van der Waals surface area contributed by atoms with Crippen molar-refractivity contribution in [3.05, 3.63) is 42.0 Å². The van der Waals surface area contributed by atoms with Crippen LogP contribution in [0.1, 0.15) is 31.9 Å². The fourth-order valence-corrected chi connectivity index (χ4v) is 2.51. The highest BCUT2D eigenvalue weighted by molar-refractivity contribution is 5.76. The number of carbonyl (C=O) groups excluding carboxylic acids is 2. The molecule has 1 heterocycles. The average Bonchev–Trinajstić information content (AvgIpc) is 2.92. The van der Waals surface area contributed by atoms with Gasteiger partial charge in [-0.2, -0.15) is 0 Å². The van der Waals surface area contributed by atoms with Crippen molar-refractivity contribution in [1.82, 2.24) is 15.5 Å². The number of urea groups is 1. The molecule has 0 saturated carbocycles. The van der Waals surface area contributed by atoms with Crippen molar-refractivity contribution in [2.45, 2.75) is 26.3 Å². The Morgan fingerprint density at radius 1 is 1.46 bits per heavy atom. The molecule has 1 fully saturated rings. The van der Waals surface area contributed by atoms with Gasteiger partial charge in [-0.1, -0.05) is 30.4 Å². The maximum absolute atomic E-state index is 12.0. The number of ether oxygens (including phenoxy) is 1. The molecule has 0 radical (unpaired) electrons. The third-order valence-electron chi connectivity index (χ3n) is 4.03. The third-order valence-corrected chi connectivity index (χ3v) is 4.03. The van der Waals surface area contributed by atoms with E-state index in [2.05, 4.69) is 17.2 Å². The molecule has 0 bridgehead atoms. The second kappa shape index (κ2) is 7.38. The van der Waals surface area contributed by atoms with Crippen LogP contribution in [0.5, 0.6) is 0 Å². The van der Waals surface area contributed by atoms with Crippen molar-refractivity contribution in [2.75, 3.05) is 26.2 Å². The minimum atomic E-state index is -0.576. The van der Waals surface area contributed by atoms with Gasteiger partial charge < -0.3 is 20.3 Å². The van der Waals surface area contributed by atoms with Crippen molar-refractivity contribution in [3.8, 4) is 0 Å². The van der Waals surface area contributed by atoms with E-state index in [9.17, 15) is 9.59 Å². The molecule has 0 atom stereocenters. The monoisotopic (exact) mass is 331 g/mol. The predicted molar refractivity (Wildman–Crippen MR) is 93.6 cm³/mol. The molecule has 0 unspecified atom stereocenters. The van der Waals surface area contributed by atoms with Crippen LogP contribution >= 0.6 is 0 Å². The minimum absolute atomic E-state index is 0.115. The lowest BCUT2D eigenvalue weighted by molar-refractivity contribution is 0.125. The van der Waals surface area contributed by atoms with Gasteiger partial charge in [0.15, 0.2) is 0 Å². The molecule has 1 aromatic carbocycles. The van der Waals surface area contributed by atoms with Crippen LogP contribution < -0.4 is 10.6 Å². The molecule has 130 valence electrons. The number of amides is 3. The van der Waals surface area contributed by atoms with E-state index in [1.165, 1.54) is 0 Å². The molecule has 1 aliphatic heterocycles. The summed E-state index contributed by atoms with van der Waals surface area (Å²) in [5, 5.41) is 5.57. The maximum atomic E-state index is 12.0. The average molecular weight is 331 g/mol. The fraction of sp³-hybridized carbons (Fsp3) is 0.444. The molecule has 6 heteroatoms. The Morgan fingerprint density at radius 3 is 2.83 bits per heavy atom. The zero-order valence-corrected chi connectivity index (χ0v) is 14.5. The molecule has 1 saturated heterocycles. The molecular formula is C18H25N3O3. The van der Waals surface area contributed by atoms with E-state index in [1.807, 2.05) is 45.0 Å². The van der Waals surface area contributed by atoms with Gasteiger partial charge in [0.05, 0.1) is 12.1 Å². The number of carbonyl (C=O) groups is 2.